The molecule has 0 aliphatic heterocycles. The second-order valence-corrected chi connectivity index (χ2v) is 4.39. The lowest BCUT2D eigenvalue weighted by Crippen LogP contribution is -2.42. The molecule has 0 spiro atoms. The summed E-state index contributed by atoms with van der Waals surface area (Å²) >= 11 is 0. The molecule has 4 nitrogen and oxygen atoms in total. The maximum absolute atomic E-state index is 11.7. The first kappa shape index (κ1) is 13.3. The fourth-order valence-electron chi connectivity index (χ4n) is 2.17. The molecule has 4 heteroatoms. The SMILES string of the molecule is CCN(CC)c1c(NCc2ccccc2)c(=O)c1=O. The van der Waals surface area contributed by atoms with Crippen LogP contribution in [0.25, 0.3) is 0 Å². The molecule has 0 unspecified atom stereocenters. The summed E-state index contributed by atoms with van der Waals surface area (Å²) in [4.78, 5) is 25.2. The highest BCUT2D eigenvalue weighted by Gasteiger charge is 2.24. The quantitative estimate of drug-likeness (QED) is 0.802. The molecule has 0 aliphatic carbocycles. The number of anilines is 2. The predicted molar refractivity (Wildman–Crippen MR) is 78.7 cm³/mol. The standard InChI is InChI=1S/C15H18N2O2/c1-3-17(4-2)13-12(14(18)15(13)19)16-10-11-8-6-5-7-9-11/h5-9,16H,3-4,10H2,1-2H3. The zero-order valence-electron chi connectivity index (χ0n) is 11.3. The number of hydrogen-bond donors (Lipinski definition) is 1. The summed E-state index contributed by atoms with van der Waals surface area (Å²) in [7, 11) is 0. The summed E-state index contributed by atoms with van der Waals surface area (Å²) < 4.78 is 0. The first-order valence-electron chi connectivity index (χ1n) is 6.55. The van der Waals surface area contributed by atoms with E-state index in [-0.39, 0.29) is 5.43 Å². The normalized spacial score (nSPS) is 10.6. The largest absolute Gasteiger partial charge is 0.376 e. The minimum absolute atomic E-state index is 0.376. The molecule has 2 aromatic rings. The Labute approximate surface area is 112 Å². The molecule has 2 aromatic carbocycles. The molecule has 19 heavy (non-hydrogen) atoms. The molecule has 0 radical (unpaired) electrons. The van der Waals surface area contributed by atoms with Gasteiger partial charge in [0.25, 0.3) is 10.9 Å². The molecule has 0 heterocycles. The van der Waals surface area contributed by atoms with Gasteiger partial charge >= 0.3 is 0 Å². The van der Waals surface area contributed by atoms with E-state index < -0.39 is 5.43 Å². The van der Waals surface area contributed by atoms with Crippen molar-refractivity contribution in [2.75, 3.05) is 23.3 Å². The Bertz CT molecular complexity index is 609. The van der Waals surface area contributed by atoms with Crippen molar-refractivity contribution in [1.82, 2.24) is 0 Å². The fraction of sp³-hybridized carbons (Fsp3) is 0.333. The van der Waals surface area contributed by atoms with Gasteiger partial charge < -0.3 is 10.2 Å². The zero-order valence-corrected chi connectivity index (χ0v) is 11.3. The molecule has 0 saturated carbocycles. The van der Waals surface area contributed by atoms with Gasteiger partial charge in [-0.1, -0.05) is 30.3 Å². The lowest BCUT2D eigenvalue weighted by atomic mass is 10.1. The topological polar surface area (TPSA) is 49.4 Å². The first-order chi connectivity index (χ1) is 9.19. The lowest BCUT2D eigenvalue weighted by Gasteiger charge is -2.25. The summed E-state index contributed by atoms with van der Waals surface area (Å²) in [5.74, 6) is 0. The summed E-state index contributed by atoms with van der Waals surface area (Å²) in [6.07, 6.45) is 0. The number of benzene rings is 1. The van der Waals surface area contributed by atoms with Gasteiger partial charge in [-0.25, -0.2) is 0 Å². The summed E-state index contributed by atoms with van der Waals surface area (Å²) in [6, 6.07) is 9.81. The van der Waals surface area contributed by atoms with Gasteiger partial charge in [-0.2, -0.15) is 0 Å². The second kappa shape index (κ2) is 5.69. The highest BCUT2D eigenvalue weighted by Crippen LogP contribution is 2.20. The van der Waals surface area contributed by atoms with Gasteiger partial charge in [-0.3, -0.25) is 9.59 Å². The molecule has 0 saturated heterocycles. The van der Waals surface area contributed by atoms with Gasteiger partial charge in [0.05, 0.1) is 0 Å². The van der Waals surface area contributed by atoms with Crippen LogP contribution in [-0.4, -0.2) is 13.1 Å². The molecule has 0 amide bonds. The molecular weight excluding hydrogens is 240 g/mol. The van der Waals surface area contributed by atoms with Crippen molar-refractivity contribution in [1.29, 1.82) is 0 Å². The van der Waals surface area contributed by atoms with Gasteiger partial charge in [-0.15, -0.1) is 0 Å². The number of nitrogens with zero attached hydrogens (tertiary/aromatic N) is 1. The van der Waals surface area contributed by atoms with Crippen LogP contribution in [0.1, 0.15) is 19.4 Å². The van der Waals surface area contributed by atoms with Crippen molar-refractivity contribution in [3.63, 3.8) is 0 Å². The van der Waals surface area contributed by atoms with Crippen molar-refractivity contribution in [2.45, 2.75) is 20.4 Å². The highest BCUT2D eigenvalue weighted by atomic mass is 16.2. The van der Waals surface area contributed by atoms with Gasteiger partial charge in [-0.05, 0) is 19.4 Å². The molecule has 100 valence electrons. The Balaban J connectivity index is 2.16. The third kappa shape index (κ3) is 2.52. The molecule has 0 aromatic heterocycles. The maximum atomic E-state index is 11.7. The lowest BCUT2D eigenvalue weighted by molar-refractivity contribution is 0.854. The van der Waals surface area contributed by atoms with E-state index in [2.05, 4.69) is 5.32 Å². The van der Waals surface area contributed by atoms with E-state index in [1.807, 2.05) is 49.1 Å². The average molecular weight is 258 g/mol. The number of nitrogens with one attached hydrogen (secondary N) is 1. The Morgan fingerprint density at radius 2 is 1.63 bits per heavy atom. The zero-order chi connectivity index (χ0) is 13.8. The summed E-state index contributed by atoms with van der Waals surface area (Å²) in [6.45, 7) is 5.95. The molecule has 0 atom stereocenters. The summed E-state index contributed by atoms with van der Waals surface area (Å²) in [5.41, 5.74) is 1.29. The van der Waals surface area contributed by atoms with Gasteiger partial charge in [0, 0.05) is 19.6 Å². The second-order valence-electron chi connectivity index (χ2n) is 4.39. The van der Waals surface area contributed by atoms with E-state index in [4.69, 9.17) is 0 Å². The highest BCUT2D eigenvalue weighted by molar-refractivity contribution is 5.75. The third-order valence-electron chi connectivity index (χ3n) is 3.28. The van der Waals surface area contributed by atoms with Crippen LogP contribution in [0.3, 0.4) is 0 Å². The summed E-state index contributed by atoms with van der Waals surface area (Å²) in [5, 5.41) is 3.08. The van der Waals surface area contributed by atoms with E-state index in [0.717, 1.165) is 18.7 Å². The number of rotatable bonds is 6. The Morgan fingerprint density at radius 3 is 2.21 bits per heavy atom. The Kier molecular flexibility index (Phi) is 4.00. The van der Waals surface area contributed by atoms with Crippen LogP contribution in [0.2, 0.25) is 0 Å². The fourth-order valence-corrected chi connectivity index (χ4v) is 2.17. The molecular formula is C15H18N2O2. The van der Waals surface area contributed by atoms with E-state index in [1.54, 1.807) is 0 Å². The minimum atomic E-state index is -0.405. The minimum Gasteiger partial charge on any atom is -0.376 e. The van der Waals surface area contributed by atoms with Crippen LogP contribution in [0.5, 0.6) is 0 Å². The van der Waals surface area contributed by atoms with Crippen molar-refractivity contribution in [3.8, 4) is 0 Å². The van der Waals surface area contributed by atoms with Crippen LogP contribution < -0.4 is 21.1 Å². The Morgan fingerprint density at radius 1 is 1.00 bits per heavy atom. The van der Waals surface area contributed by atoms with Gasteiger partial charge in [0.2, 0.25) is 0 Å². The monoisotopic (exact) mass is 258 g/mol. The van der Waals surface area contributed by atoms with Crippen molar-refractivity contribution in [3.05, 3.63) is 56.3 Å². The smallest absolute Gasteiger partial charge is 0.253 e. The number of hydrogen-bond acceptors (Lipinski definition) is 4. The third-order valence-corrected chi connectivity index (χ3v) is 3.28. The van der Waals surface area contributed by atoms with E-state index in [0.29, 0.717) is 17.9 Å². The van der Waals surface area contributed by atoms with Crippen molar-refractivity contribution >= 4 is 11.4 Å². The van der Waals surface area contributed by atoms with E-state index in [9.17, 15) is 9.59 Å². The van der Waals surface area contributed by atoms with E-state index >= 15 is 0 Å². The molecule has 2 rings (SSSR count). The van der Waals surface area contributed by atoms with Crippen LogP contribution in [-0.2, 0) is 6.54 Å². The van der Waals surface area contributed by atoms with Crippen LogP contribution in [0.4, 0.5) is 11.4 Å². The van der Waals surface area contributed by atoms with Crippen LogP contribution >= 0.6 is 0 Å². The van der Waals surface area contributed by atoms with Crippen LogP contribution in [0, 0.1) is 0 Å². The van der Waals surface area contributed by atoms with Crippen molar-refractivity contribution < 1.29 is 0 Å². The molecule has 1 N–H and O–H groups in total. The van der Waals surface area contributed by atoms with Crippen LogP contribution in [0.15, 0.2) is 39.9 Å². The molecule has 0 fully saturated rings. The predicted octanol–water partition coefficient (Wildman–Crippen LogP) is 1.74. The van der Waals surface area contributed by atoms with Gasteiger partial charge in [0.15, 0.2) is 0 Å². The van der Waals surface area contributed by atoms with Gasteiger partial charge in [0.1, 0.15) is 11.4 Å². The maximum Gasteiger partial charge on any atom is 0.253 e. The Hall–Kier alpha value is -2.10. The molecule has 0 aliphatic rings. The van der Waals surface area contributed by atoms with E-state index in [1.165, 1.54) is 0 Å². The van der Waals surface area contributed by atoms with Crippen molar-refractivity contribution in [2.24, 2.45) is 0 Å². The molecule has 0 bridgehead atoms. The average Bonchev–Trinajstić information content (AvgIpc) is 2.47. The first-order valence-corrected chi connectivity index (χ1v) is 6.55.